The van der Waals surface area contributed by atoms with Crippen LogP contribution in [0, 0.1) is 3.57 Å². The van der Waals surface area contributed by atoms with E-state index in [-0.39, 0.29) is 5.91 Å². The van der Waals surface area contributed by atoms with E-state index in [9.17, 15) is 4.79 Å². The summed E-state index contributed by atoms with van der Waals surface area (Å²) < 4.78 is 1.13. The molecule has 0 atom stereocenters. The van der Waals surface area contributed by atoms with Crippen LogP contribution in [0.4, 0.5) is 0 Å². The number of rotatable bonds is 4. The summed E-state index contributed by atoms with van der Waals surface area (Å²) in [5.41, 5.74) is 0.699. The molecule has 1 aromatic carbocycles. The molecule has 0 aliphatic carbocycles. The van der Waals surface area contributed by atoms with E-state index in [1.54, 1.807) is 17.5 Å². The second-order valence-electron chi connectivity index (χ2n) is 3.44. The van der Waals surface area contributed by atoms with E-state index < -0.39 is 0 Å². The average molecular weight is 358 g/mol. The minimum absolute atomic E-state index is 0.0297. The molecule has 88 valence electrons. The Morgan fingerprint density at radius 3 is 2.76 bits per heavy atom. The summed E-state index contributed by atoms with van der Waals surface area (Å²) >= 11 is 3.83. The van der Waals surface area contributed by atoms with Gasteiger partial charge in [-0.25, -0.2) is 4.98 Å². The molecular formula is C12H11IN2OS. The fourth-order valence-corrected chi connectivity index (χ4v) is 2.34. The molecule has 0 saturated heterocycles. The van der Waals surface area contributed by atoms with E-state index in [1.165, 1.54) is 0 Å². The van der Waals surface area contributed by atoms with Crippen LogP contribution in [0.25, 0.3) is 0 Å². The van der Waals surface area contributed by atoms with Gasteiger partial charge in [0.2, 0.25) is 0 Å². The molecule has 5 heteroatoms. The van der Waals surface area contributed by atoms with Crippen molar-refractivity contribution in [3.05, 3.63) is 50.0 Å². The number of amides is 1. The Kier molecular flexibility index (Phi) is 4.49. The van der Waals surface area contributed by atoms with E-state index in [2.05, 4.69) is 32.9 Å². The van der Waals surface area contributed by atoms with Crippen LogP contribution < -0.4 is 5.32 Å². The summed E-state index contributed by atoms with van der Waals surface area (Å²) in [5.74, 6) is -0.0297. The Balaban J connectivity index is 1.83. The molecule has 1 aromatic heterocycles. The highest BCUT2D eigenvalue weighted by Crippen LogP contribution is 2.07. The third kappa shape index (κ3) is 3.78. The molecule has 0 fully saturated rings. The van der Waals surface area contributed by atoms with Gasteiger partial charge in [0, 0.05) is 33.7 Å². The fraction of sp³-hybridized carbons (Fsp3) is 0.167. The van der Waals surface area contributed by atoms with Crippen molar-refractivity contribution in [2.75, 3.05) is 6.54 Å². The van der Waals surface area contributed by atoms with Crippen LogP contribution in [-0.2, 0) is 6.42 Å². The monoisotopic (exact) mass is 358 g/mol. The Morgan fingerprint density at radius 1 is 1.35 bits per heavy atom. The lowest BCUT2D eigenvalue weighted by Crippen LogP contribution is -2.25. The van der Waals surface area contributed by atoms with Gasteiger partial charge >= 0.3 is 0 Å². The van der Waals surface area contributed by atoms with Gasteiger partial charge in [-0.3, -0.25) is 4.79 Å². The van der Waals surface area contributed by atoms with Gasteiger partial charge < -0.3 is 5.32 Å². The number of carbonyl (C=O) groups is 1. The van der Waals surface area contributed by atoms with E-state index in [4.69, 9.17) is 0 Å². The molecular weight excluding hydrogens is 347 g/mol. The number of hydrogen-bond acceptors (Lipinski definition) is 3. The lowest BCUT2D eigenvalue weighted by atomic mass is 10.2. The number of halogens is 1. The first kappa shape index (κ1) is 12.5. The minimum Gasteiger partial charge on any atom is -0.352 e. The highest BCUT2D eigenvalue weighted by molar-refractivity contribution is 14.1. The second kappa shape index (κ2) is 6.11. The average Bonchev–Trinajstić information content (AvgIpc) is 2.83. The normalized spacial score (nSPS) is 10.2. The lowest BCUT2D eigenvalue weighted by molar-refractivity contribution is 0.0954. The maximum Gasteiger partial charge on any atom is 0.251 e. The summed E-state index contributed by atoms with van der Waals surface area (Å²) in [6, 6.07) is 7.52. The maximum atomic E-state index is 11.8. The largest absolute Gasteiger partial charge is 0.352 e. The number of carbonyl (C=O) groups excluding carboxylic acids is 1. The molecule has 2 aromatic rings. The van der Waals surface area contributed by atoms with Crippen LogP contribution in [0.5, 0.6) is 0 Å². The second-order valence-corrected chi connectivity index (χ2v) is 5.66. The topological polar surface area (TPSA) is 42.0 Å². The van der Waals surface area contributed by atoms with Crippen LogP contribution in [0.15, 0.2) is 35.8 Å². The van der Waals surface area contributed by atoms with Crippen molar-refractivity contribution < 1.29 is 4.79 Å². The third-order valence-corrected chi connectivity index (χ3v) is 3.77. The Morgan fingerprint density at radius 2 is 2.12 bits per heavy atom. The van der Waals surface area contributed by atoms with Crippen LogP contribution in [-0.4, -0.2) is 17.4 Å². The van der Waals surface area contributed by atoms with Crippen LogP contribution in [0.2, 0.25) is 0 Å². The van der Waals surface area contributed by atoms with E-state index in [0.717, 1.165) is 15.0 Å². The van der Waals surface area contributed by atoms with Gasteiger partial charge in [0.05, 0.1) is 5.01 Å². The van der Waals surface area contributed by atoms with Crippen LogP contribution >= 0.6 is 33.9 Å². The predicted octanol–water partition coefficient (Wildman–Crippen LogP) is 2.72. The molecule has 3 nitrogen and oxygen atoms in total. The molecule has 1 N–H and O–H groups in total. The molecule has 0 aliphatic heterocycles. The molecule has 0 unspecified atom stereocenters. The molecule has 1 heterocycles. The first-order chi connectivity index (χ1) is 8.25. The number of nitrogens with zero attached hydrogens (tertiary/aromatic N) is 1. The van der Waals surface area contributed by atoms with E-state index in [0.29, 0.717) is 12.1 Å². The molecule has 0 spiro atoms. The molecule has 17 heavy (non-hydrogen) atoms. The lowest BCUT2D eigenvalue weighted by Gasteiger charge is -2.03. The van der Waals surface area contributed by atoms with E-state index in [1.807, 2.05) is 29.6 Å². The van der Waals surface area contributed by atoms with Crippen molar-refractivity contribution in [3.63, 3.8) is 0 Å². The van der Waals surface area contributed by atoms with Crippen LogP contribution in [0.3, 0.4) is 0 Å². The first-order valence-electron chi connectivity index (χ1n) is 5.18. The van der Waals surface area contributed by atoms with Gasteiger partial charge in [-0.1, -0.05) is 0 Å². The first-order valence-corrected chi connectivity index (χ1v) is 7.13. The SMILES string of the molecule is O=C(NCCc1nccs1)c1ccc(I)cc1. The molecule has 0 aliphatic rings. The van der Waals surface area contributed by atoms with Crippen LogP contribution in [0.1, 0.15) is 15.4 Å². The zero-order valence-electron chi connectivity index (χ0n) is 9.02. The van der Waals surface area contributed by atoms with Gasteiger partial charge in [0.25, 0.3) is 5.91 Å². The summed E-state index contributed by atoms with van der Waals surface area (Å²) in [4.78, 5) is 15.9. The molecule has 0 radical (unpaired) electrons. The maximum absolute atomic E-state index is 11.8. The number of nitrogens with one attached hydrogen (secondary N) is 1. The standard InChI is InChI=1S/C12H11IN2OS/c13-10-3-1-9(2-4-10)12(16)15-6-5-11-14-7-8-17-11/h1-4,7-8H,5-6H2,(H,15,16). The summed E-state index contributed by atoms with van der Waals surface area (Å²) in [5, 5.41) is 5.87. The van der Waals surface area contributed by atoms with E-state index >= 15 is 0 Å². The van der Waals surface area contributed by atoms with Crippen molar-refractivity contribution >= 4 is 39.8 Å². The highest BCUT2D eigenvalue weighted by atomic mass is 127. The Hall–Kier alpha value is -0.950. The molecule has 1 amide bonds. The number of hydrogen-bond donors (Lipinski definition) is 1. The van der Waals surface area contributed by atoms with Gasteiger partial charge in [-0.05, 0) is 46.9 Å². The van der Waals surface area contributed by atoms with Gasteiger partial charge in [-0.15, -0.1) is 11.3 Å². The minimum atomic E-state index is -0.0297. The fourth-order valence-electron chi connectivity index (χ4n) is 1.36. The Labute approximate surface area is 117 Å². The highest BCUT2D eigenvalue weighted by Gasteiger charge is 2.04. The van der Waals surface area contributed by atoms with Gasteiger partial charge in [-0.2, -0.15) is 0 Å². The predicted molar refractivity (Wildman–Crippen MR) is 77.3 cm³/mol. The number of benzene rings is 1. The summed E-state index contributed by atoms with van der Waals surface area (Å²) in [6.45, 7) is 0.623. The van der Waals surface area contributed by atoms with Crippen molar-refractivity contribution in [1.29, 1.82) is 0 Å². The quantitative estimate of drug-likeness (QED) is 0.854. The molecule has 0 bridgehead atoms. The van der Waals surface area contributed by atoms with Crippen molar-refractivity contribution in [1.82, 2.24) is 10.3 Å². The summed E-state index contributed by atoms with van der Waals surface area (Å²) in [6.07, 6.45) is 2.56. The van der Waals surface area contributed by atoms with Gasteiger partial charge in [0.1, 0.15) is 0 Å². The molecule has 2 rings (SSSR count). The zero-order valence-corrected chi connectivity index (χ0v) is 12.0. The molecule has 0 saturated carbocycles. The van der Waals surface area contributed by atoms with Gasteiger partial charge in [0.15, 0.2) is 0 Å². The van der Waals surface area contributed by atoms with Crippen molar-refractivity contribution in [2.45, 2.75) is 6.42 Å². The Bertz CT molecular complexity index is 482. The number of thiazole rings is 1. The number of aromatic nitrogens is 1. The van der Waals surface area contributed by atoms with Crippen molar-refractivity contribution in [2.24, 2.45) is 0 Å². The third-order valence-electron chi connectivity index (χ3n) is 2.21. The zero-order chi connectivity index (χ0) is 12.1. The van der Waals surface area contributed by atoms with Crippen molar-refractivity contribution in [3.8, 4) is 0 Å². The smallest absolute Gasteiger partial charge is 0.251 e. The summed E-state index contributed by atoms with van der Waals surface area (Å²) in [7, 11) is 0.